The van der Waals surface area contributed by atoms with E-state index in [1.807, 2.05) is 0 Å². The van der Waals surface area contributed by atoms with Gasteiger partial charge in [0.1, 0.15) is 0 Å². The zero-order valence-electron chi connectivity index (χ0n) is 9.22. The van der Waals surface area contributed by atoms with Crippen molar-refractivity contribution in [3.8, 4) is 0 Å². The molecule has 0 unspecified atom stereocenters. The predicted molar refractivity (Wildman–Crippen MR) is 64.7 cm³/mol. The number of nitrogens with two attached hydrogens (primary N) is 1. The molecule has 1 aromatic carbocycles. The van der Waals surface area contributed by atoms with E-state index in [2.05, 4.69) is 12.3 Å². The van der Waals surface area contributed by atoms with Gasteiger partial charge in [-0.2, -0.15) is 0 Å². The third-order valence-corrected chi connectivity index (χ3v) is 4.06. The molecule has 0 saturated heterocycles. The van der Waals surface area contributed by atoms with Gasteiger partial charge in [0.15, 0.2) is 0 Å². The molecule has 4 nitrogen and oxygen atoms in total. The van der Waals surface area contributed by atoms with Crippen LogP contribution in [0.2, 0.25) is 0 Å². The van der Waals surface area contributed by atoms with Crippen molar-refractivity contribution in [2.45, 2.75) is 17.7 Å². The largest absolute Gasteiger partial charge is 0.370 e. The van der Waals surface area contributed by atoms with Crippen LogP contribution in [-0.4, -0.2) is 14.3 Å². The monoisotopic (exact) mass is 251 g/mol. The number of benzene rings is 1. The molecule has 0 fully saturated rings. The van der Waals surface area contributed by atoms with Gasteiger partial charge in [-0.25, -0.2) is 8.42 Å². The Kier molecular flexibility index (Phi) is 4.26. The van der Waals surface area contributed by atoms with E-state index >= 15 is 0 Å². The lowest BCUT2D eigenvalue weighted by Crippen LogP contribution is -2.12. The van der Waals surface area contributed by atoms with Crippen LogP contribution in [0.15, 0.2) is 52.4 Å². The van der Waals surface area contributed by atoms with Crippen LogP contribution in [0.5, 0.6) is 0 Å². The highest BCUT2D eigenvalue weighted by Crippen LogP contribution is 2.21. The van der Waals surface area contributed by atoms with Crippen molar-refractivity contribution in [3.63, 3.8) is 0 Å². The molecule has 0 radical (unpaired) electrons. The molecule has 90 valence electrons. The maximum absolute atomic E-state index is 12.1. The average Bonchev–Trinajstić information content (AvgIpc) is 2.30. The first-order valence-corrected chi connectivity index (χ1v) is 6.44. The molecule has 0 aliphatic rings. The molecule has 0 saturated carbocycles. The van der Waals surface area contributed by atoms with E-state index in [9.17, 15) is 13.2 Å². The van der Waals surface area contributed by atoms with Crippen LogP contribution < -0.4 is 5.73 Å². The average molecular weight is 251 g/mol. The van der Waals surface area contributed by atoms with Crippen LogP contribution in [0.3, 0.4) is 0 Å². The Morgan fingerprint density at radius 2 is 1.82 bits per heavy atom. The molecule has 0 spiro atoms. The highest BCUT2D eigenvalue weighted by molar-refractivity contribution is 7.95. The summed E-state index contributed by atoms with van der Waals surface area (Å²) in [6, 6.07) is 7.94. The van der Waals surface area contributed by atoms with E-state index in [0.717, 1.165) is 0 Å². The number of carbonyl (C=O) groups excluding carboxylic acids is 1. The fourth-order valence-electron chi connectivity index (χ4n) is 1.30. The number of rotatable bonds is 5. The highest BCUT2D eigenvalue weighted by atomic mass is 32.2. The fourth-order valence-corrected chi connectivity index (χ4v) is 2.66. The molecular formula is C12H13NO3S. The van der Waals surface area contributed by atoms with Crippen molar-refractivity contribution in [1.82, 2.24) is 0 Å². The molecule has 1 aromatic rings. The van der Waals surface area contributed by atoms with E-state index in [-0.39, 0.29) is 22.6 Å². The summed E-state index contributed by atoms with van der Waals surface area (Å²) in [7, 11) is -3.61. The molecule has 0 aromatic heterocycles. The summed E-state index contributed by atoms with van der Waals surface area (Å²) in [6.07, 6.45) is -0.0139. The van der Waals surface area contributed by atoms with Gasteiger partial charge in [0.2, 0.25) is 15.7 Å². The van der Waals surface area contributed by atoms with Crippen molar-refractivity contribution < 1.29 is 13.2 Å². The quantitative estimate of drug-likeness (QED) is 0.803. The van der Waals surface area contributed by atoms with Gasteiger partial charge in [-0.1, -0.05) is 24.8 Å². The van der Waals surface area contributed by atoms with Gasteiger partial charge >= 0.3 is 0 Å². The van der Waals surface area contributed by atoms with Crippen LogP contribution in [0.4, 0.5) is 0 Å². The van der Waals surface area contributed by atoms with Crippen LogP contribution >= 0.6 is 0 Å². The molecule has 2 N–H and O–H groups in total. The first-order chi connectivity index (χ1) is 7.98. The topological polar surface area (TPSA) is 77.2 Å². The Bertz CT molecular complexity index is 555. The first kappa shape index (κ1) is 13.2. The summed E-state index contributed by atoms with van der Waals surface area (Å²) in [5.74, 6) is -0.555. The van der Waals surface area contributed by atoms with E-state index in [1.54, 1.807) is 18.2 Å². The Morgan fingerprint density at radius 3 is 2.29 bits per heavy atom. The number of hydrogen-bond donors (Lipinski definition) is 1. The normalized spacial score (nSPS) is 10.6. The standard InChI is InChI=1S/C12H13NO3S/c1-2-10(8-9-12(13)14)17(15,16)11-6-4-3-5-7-11/h3-7H,1,8-9H2,(H2,13,14). The Balaban J connectivity index is 3.05. The van der Waals surface area contributed by atoms with E-state index in [0.29, 0.717) is 0 Å². The van der Waals surface area contributed by atoms with Gasteiger partial charge in [0, 0.05) is 6.42 Å². The summed E-state index contributed by atoms with van der Waals surface area (Å²) in [5.41, 5.74) is 7.35. The van der Waals surface area contributed by atoms with Crippen molar-refractivity contribution in [2.24, 2.45) is 5.73 Å². The molecule has 5 heteroatoms. The van der Waals surface area contributed by atoms with Gasteiger partial charge < -0.3 is 5.73 Å². The second kappa shape index (κ2) is 5.48. The highest BCUT2D eigenvalue weighted by Gasteiger charge is 2.20. The Hall–Kier alpha value is -1.84. The molecule has 17 heavy (non-hydrogen) atoms. The van der Waals surface area contributed by atoms with E-state index in [4.69, 9.17) is 5.73 Å². The zero-order valence-corrected chi connectivity index (χ0v) is 10.0. The Morgan fingerprint density at radius 1 is 1.24 bits per heavy atom. The van der Waals surface area contributed by atoms with Gasteiger partial charge in [-0.3, -0.25) is 4.79 Å². The number of allylic oxidation sites excluding steroid dienone is 1. The Labute approximate surface area is 100 Å². The van der Waals surface area contributed by atoms with Crippen molar-refractivity contribution in [3.05, 3.63) is 47.5 Å². The first-order valence-electron chi connectivity index (χ1n) is 4.96. The minimum Gasteiger partial charge on any atom is -0.370 e. The third-order valence-electron chi connectivity index (χ3n) is 2.17. The van der Waals surface area contributed by atoms with Crippen molar-refractivity contribution in [1.29, 1.82) is 0 Å². The summed E-state index contributed by atoms with van der Waals surface area (Å²) >= 11 is 0. The maximum Gasteiger partial charge on any atom is 0.217 e. The van der Waals surface area contributed by atoms with Crippen LogP contribution in [0, 0.1) is 0 Å². The number of hydrogen-bond acceptors (Lipinski definition) is 3. The summed E-state index contributed by atoms with van der Waals surface area (Å²) in [5, 5.41) is 0. The second-order valence-corrected chi connectivity index (χ2v) is 5.35. The summed E-state index contributed by atoms with van der Waals surface area (Å²) < 4.78 is 24.2. The van der Waals surface area contributed by atoms with E-state index in [1.165, 1.54) is 12.1 Å². The molecule has 0 bridgehead atoms. The molecule has 0 atom stereocenters. The minimum absolute atomic E-state index is 0.0116. The lowest BCUT2D eigenvalue weighted by molar-refractivity contribution is -0.117. The fraction of sp³-hybridized carbons (Fsp3) is 0.167. The zero-order chi connectivity index (χ0) is 12.9. The van der Waals surface area contributed by atoms with Crippen molar-refractivity contribution in [2.75, 3.05) is 0 Å². The summed E-state index contributed by atoms with van der Waals surface area (Å²) in [4.78, 5) is 10.8. The van der Waals surface area contributed by atoms with Gasteiger partial charge in [-0.15, -0.1) is 5.73 Å². The summed E-state index contributed by atoms with van der Waals surface area (Å²) in [6.45, 7) is 3.34. The molecule has 1 rings (SSSR count). The molecule has 0 aliphatic heterocycles. The van der Waals surface area contributed by atoms with Crippen LogP contribution in [0.1, 0.15) is 12.8 Å². The van der Waals surface area contributed by atoms with E-state index < -0.39 is 15.7 Å². The molecular weight excluding hydrogens is 238 g/mol. The number of sulfone groups is 1. The number of carbonyl (C=O) groups is 1. The third kappa shape index (κ3) is 3.31. The van der Waals surface area contributed by atoms with Crippen LogP contribution in [0.25, 0.3) is 0 Å². The molecule has 1 amide bonds. The number of amides is 1. The smallest absolute Gasteiger partial charge is 0.217 e. The SMILES string of the molecule is C=C=C(CCC(N)=O)S(=O)(=O)c1ccccc1. The lowest BCUT2D eigenvalue weighted by Gasteiger charge is -2.05. The van der Waals surface area contributed by atoms with Crippen LogP contribution in [-0.2, 0) is 14.6 Å². The van der Waals surface area contributed by atoms with Gasteiger partial charge in [-0.05, 0) is 18.6 Å². The number of primary amides is 1. The molecule has 0 aliphatic carbocycles. The molecule has 0 heterocycles. The predicted octanol–water partition coefficient (Wildman–Crippen LogP) is 1.39. The van der Waals surface area contributed by atoms with Gasteiger partial charge in [0.05, 0.1) is 9.80 Å². The lowest BCUT2D eigenvalue weighted by atomic mass is 10.3. The van der Waals surface area contributed by atoms with Gasteiger partial charge in [0.25, 0.3) is 0 Å². The van der Waals surface area contributed by atoms with Crippen molar-refractivity contribution >= 4 is 15.7 Å². The maximum atomic E-state index is 12.1. The minimum atomic E-state index is -3.61. The second-order valence-electron chi connectivity index (χ2n) is 3.38.